The monoisotopic (exact) mass is 449 g/mol. The number of rotatable bonds is 4. The molecule has 2 atom stereocenters. The number of hydrogen-bond acceptors (Lipinski definition) is 4. The van der Waals surface area contributed by atoms with E-state index in [0.717, 1.165) is 0 Å². The van der Waals surface area contributed by atoms with Crippen LogP contribution in [0.1, 0.15) is 30.0 Å². The third-order valence-corrected chi connectivity index (χ3v) is 6.14. The molecule has 1 aliphatic rings. The van der Waals surface area contributed by atoms with Gasteiger partial charge in [0.05, 0.1) is 23.2 Å². The number of anilines is 1. The Bertz CT molecular complexity index is 1190. The summed E-state index contributed by atoms with van der Waals surface area (Å²) in [6.07, 6.45) is 3.63. The van der Waals surface area contributed by atoms with E-state index in [4.69, 9.17) is 23.2 Å². The van der Waals surface area contributed by atoms with Gasteiger partial charge in [-0.3, -0.25) is 14.6 Å². The molecule has 0 radical (unpaired) electrons. The molecule has 0 bridgehead atoms. The Balaban J connectivity index is 2.00. The third kappa shape index (κ3) is 3.29. The van der Waals surface area contributed by atoms with Crippen molar-refractivity contribution >= 4 is 40.7 Å². The molecule has 1 aromatic heterocycles. The van der Waals surface area contributed by atoms with Gasteiger partial charge in [-0.05, 0) is 60.0 Å². The zero-order chi connectivity index (χ0) is 22.2. The molecule has 3 aromatic rings. The average Bonchev–Trinajstić information content (AvgIpc) is 3.00. The van der Waals surface area contributed by atoms with Crippen molar-refractivity contribution in [1.82, 2.24) is 4.98 Å². The molecule has 1 saturated heterocycles. The number of nitrogens with zero attached hydrogens (tertiary/aromatic N) is 3. The van der Waals surface area contributed by atoms with Crippen molar-refractivity contribution in [2.75, 3.05) is 4.90 Å². The summed E-state index contributed by atoms with van der Waals surface area (Å²) in [6.45, 7) is 1.88. The van der Waals surface area contributed by atoms with Gasteiger partial charge < -0.3 is 0 Å². The molecule has 2 heterocycles. The molecule has 1 fully saturated rings. The number of carbonyl (C=O) groups is 2. The predicted molar refractivity (Wildman–Crippen MR) is 119 cm³/mol. The Kier molecular flexibility index (Phi) is 5.53. The molecule has 4 rings (SSSR count). The fourth-order valence-electron chi connectivity index (χ4n) is 4.40. The lowest BCUT2D eigenvalue weighted by atomic mass is 9.66. The van der Waals surface area contributed by atoms with E-state index in [-0.39, 0.29) is 5.91 Å². The molecule has 2 aromatic carbocycles. The fraction of sp³-hybridized carbons (Fsp3) is 0.167. The minimum atomic E-state index is -1.27. The summed E-state index contributed by atoms with van der Waals surface area (Å²) in [7, 11) is 0. The Morgan fingerprint density at radius 1 is 1.00 bits per heavy atom. The van der Waals surface area contributed by atoms with Crippen molar-refractivity contribution in [2.45, 2.75) is 18.8 Å². The summed E-state index contributed by atoms with van der Waals surface area (Å²) in [6, 6.07) is 17.0. The van der Waals surface area contributed by atoms with E-state index in [9.17, 15) is 14.9 Å². The van der Waals surface area contributed by atoms with Crippen LogP contribution >= 0.6 is 23.2 Å². The topological polar surface area (TPSA) is 74.1 Å². The van der Waals surface area contributed by atoms with Crippen LogP contribution in [-0.2, 0) is 15.0 Å². The number of carbonyl (C=O) groups excluding carboxylic acids is 2. The first kappa shape index (κ1) is 21.0. The maximum absolute atomic E-state index is 14.1. The van der Waals surface area contributed by atoms with Gasteiger partial charge in [0.1, 0.15) is 5.41 Å². The van der Waals surface area contributed by atoms with E-state index >= 15 is 0 Å². The third-order valence-electron chi connectivity index (χ3n) is 5.70. The first-order chi connectivity index (χ1) is 14.9. The second-order valence-electron chi connectivity index (χ2n) is 7.30. The van der Waals surface area contributed by atoms with E-state index in [1.54, 1.807) is 67.0 Å². The minimum Gasteiger partial charge on any atom is -0.274 e. The predicted octanol–water partition coefficient (Wildman–Crippen LogP) is 5.15. The molecule has 31 heavy (non-hydrogen) atoms. The Hall–Kier alpha value is -3.20. The fourth-order valence-corrected chi connectivity index (χ4v) is 4.91. The lowest BCUT2D eigenvalue weighted by Gasteiger charge is -2.32. The number of nitriles is 1. The normalized spacial score (nSPS) is 20.7. The smallest absolute Gasteiger partial charge is 0.249 e. The van der Waals surface area contributed by atoms with Gasteiger partial charge in [0.15, 0.2) is 0 Å². The largest absolute Gasteiger partial charge is 0.274 e. The molecule has 0 saturated carbocycles. The second-order valence-corrected chi connectivity index (χ2v) is 8.17. The second kappa shape index (κ2) is 8.14. The molecule has 1 aliphatic heterocycles. The number of halogens is 2. The maximum atomic E-state index is 14.1. The van der Waals surface area contributed by atoms with Crippen LogP contribution in [0, 0.1) is 17.2 Å². The van der Waals surface area contributed by atoms with Gasteiger partial charge in [-0.1, -0.05) is 42.3 Å². The van der Waals surface area contributed by atoms with E-state index in [1.165, 1.54) is 4.90 Å². The average molecular weight is 450 g/mol. The van der Waals surface area contributed by atoms with Gasteiger partial charge in [0, 0.05) is 22.4 Å². The maximum Gasteiger partial charge on any atom is 0.249 e. The van der Waals surface area contributed by atoms with Gasteiger partial charge >= 0.3 is 0 Å². The van der Waals surface area contributed by atoms with Crippen LogP contribution in [-0.4, -0.2) is 16.8 Å². The molecule has 2 amide bonds. The summed E-state index contributed by atoms with van der Waals surface area (Å²) in [5.41, 5.74) is 0.830. The Labute approximate surface area is 189 Å². The summed E-state index contributed by atoms with van der Waals surface area (Å²) in [5.74, 6) is -1.38. The van der Waals surface area contributed by atoms with E-state index < -0.39 is 17.2 Å². The number of aromatic nitrogens is 1. The first-order valence-corrected chi connectivity index (χ1v) is 10.4. The highest BCUT2D eigenvalue weighted by molar-refractivity contribution is 6.36. The van der Waals surface area contributed by atoms with Crippen LogP contribution in [0.2, 0.25) is 10.0 Å². The van der Waals surface area contributed by atoms with E-state index in [1.807, 2.05) is 6.92 Å². The van der Waals surface area contributed by atoms with Crippen LogP contribution in [0.15, 0.2) is 67.0 Å². The van der Waals surface area contributed by atoms with Gasteiger partial charge in [0.2, 0.25) is 11.8 Å². The molecular weight excluding hydrogens is 433 g/mol. The zero-order valence-corrected chi connectivity index (χ0v) is 18.1. The summed E-state index contributed by atoms with van der Waals surface area (Å²) >= 11 is 12.3. The van der Waals surface area contributed by atoms with Gasteiger partial charge in [-0.25, -0.2) is 4.90 Å². The minimum absolute atomic E-state index is 0.327. The molecule has 0 spiro atoms. The lowest BCUT2D eigenvalue weighted by Crippen LogP contribution is -2.42. The van der Waals surface area contributed by atoms with Gasteiger partial charge in [0.25, 0.3) is 0 Å². The van der Waals surface area contributed by atoms with Crippen LogP contribution in [0.4, 0.5) is 5.69 Å². The molecule has 1 unspecified atom stereocenters. The standard InChI is InChI=1S/C24H17Cl2N3O2/c1-2-21-22(30)29(20-12-18(25)11-19(26)13-20)23(31)24(21,17-7-9-28-10-8-17)16-5-3-15(14-27)4-6-16/h3-13,21H,2H2,1H3/t21?,24-/m1/s1. The molecule has 0 aliphatic carbocycles. The summed E-state index contributed by atoms with van der Waals surface area (Å²) in [4.78, 5) is 33.0. The summed E-state index contributed by atoms with van der Waals surface area (Å²) < 4.78 is 0. The molecule has 154 valence electrons. The van der Waals surface area contributed by atoms with Gasteiger partial charge in [-0.2, -0.15) is 5.26 Å². The molecule has 7 heteroatoms. The highest BCUT2D eigenvalue weighted by Gasteiger charge is 2.60. The van der Waals surface area contributed by atoms with Crippen LogP contribution < -0.4 is 4.90 Å². The first-order valence-electron chi connectivity index (χ1n) is 9.69. The van der Waals surface area contributed by atoms with Crippen molar-refractivity contribution < 1.29 is 9.59 Å². The van der Waals surface area contributed by atoms with Crippen molar-refractivity contribution in [1.29, 1.82) is 5.26 Å². The number of hydrogen-bond donors (Lipinski definition) is 0. The summed E-state index contributed by atoms with van der Waals surface area (Å²) in [5, 5.41) is 9.86. The molecular formula is C24H17Cl2N3O2. The number of pyridine rings is 1. The highest BCUT2D eigenvalue weighted by Crippen LogP contribution is 2.49. The number of benzene rings is 2. The lowest BCUT2D eigenvalue weighted by molar-refractivity contribution is -0.122. The zero-order valence-electron chi connectivity index (χ0n) is 16.5. The van der Waals surface area contributed by atoms with Crippen LogP contribution in [0.3, 0.4) is 0 Å². The van der Waals surface area contributed by atoms with E-state index in [0.29, 0.717) is 38.8 Å². The quantitative estimate of drug-likeness (QED) is 0.516. The van der Waals surface area contributed by atoms with Crippen molar-refractivity contribution in [3.05, 3.63) is 93.7 Å². The van der Waals surface area contributed by atoms with Crippen LogP contribution in [0.5, 0.6) is 0 Å². The number of imide groups is 1. The van der Waals surface area contributed by atoms with Crippen molar-refractivity contribution in [2.24, 2.45) is 5.92 Å². The van der Waals surface area contributed by atoms with Crippen LogP contribution in [0.25, 0.3) is 0 Å². The molecule has 0 N–H and O–H groups in total. The Morgan fingerprint density at radius 3 is 2.13 bits per heavy atom. The van der Waals surface area contributed by atoms with Crippen molar-refractivity contribution in [3.8, 4) is 6.07 Å². The Morgan fingerprint density at radius 2 is 1.58 bits per heavy atom. The molecule has 5 nitrogen and oxygen atoms in total. The van der Waals surface area contributed by atoms with Crippen molar-refractivity contribution in [3.63, 3.8) is 0 Å². The SMILES string of the molecule is CCC1C(=O)N(c2cc(Cl)cc(Cl)c2)C(=O)[C@@]1(c1ccncc1)c1ccc(C#N)cc1. The van der Waals surface area contributed by atoms with E-state index in [2.05, 4.69) is 11.1 Å². The number of amides is 2. The van der Waals surface area contributed by atoms with Gasteiger partial charge in [-0.15, -0.1) is 0 Å². The highest BCUT2D eigenvalue weighted by atomic mass is 35.5.